The van der Waals surface area contributed by atoms with E-state index in [0.717, 1.165) is 9.75 Å². The molecule has 2 aromatic rings. The summed E-state index contributed by atoms with van der Waals surface area (Å²) in [5.41, 5.74) is 1.12. The summed E-state index contributed by atoms with van der Waals surface area (Å²) in [5.74, 6) is 0.0908. The highest BCUT2D eigenvalue weighted by Gasteiger charge is 2.29. The van der Waals surface area contributed by atoms with Crippen LogP contribution in [0.2, 0.25) is 0 Å². The van der Waals surface area contributed by atoms with Crippen molar-refractivity contribution in [3.05, 3.63) is 51.7 Å². The van der Waals surface area contributed by atoms with Crippen LogP contribution >= 0.6 is 11.3 Å². The average Bonchev–Trinajstić information content (AvgIpc) is 3.32. The van der Waals surface area contributed by atoms with E-state index >= 15 is 0 Å². The molecule has 154 valence electrons. The normalized spacial score (nSPS) is 18.9. The topological polar surface area (TPSA) is 78.0 Å². The van der Waals surface area contributed by atoms with Crippen molar-refractivity contribution in [2.24, 2.45) is 0 Å². The van der Waals surface area contributed by atoms with E-state index in [1.807, 2.05) is 19.1 Å². The van der Waals surface area contributed by atoms with Crippen LogP contribution in [0.4, 0.5) is 5.69 Å². The predicted octanol–water partition coefficient (Wildman–Crippen LogP) is 2.19. The van der Waals surface area contributed by atoms with Gasteiger partial charge in [-0.15, -0.1) is 11.3 Å². The smallest absolute Gasteiger partial charge is 0.264 e. The van der Waals surface area contributed by atoms with Gasteiger partial charge in [-0.2, -0.15) is 0 Å². The maximum Gasteiger partial charge on any atom is 0.264 e. The van der Waals surface area contributed by atoms with Gasteiger partial charge in [0.05, 0.1) is 16.3 Å². The standard InChI is InChI=1S/C20H23N3O4S2/c1-15-3-8-18(28-15)20(25)22-12-10-21(11-13-22)19(24)16-4-6-17(7-5-16)23-9-2-14-29(23,26)27/h3-8H,2,9-14H2,1H3. The third-order valence-corrected chi connectivity index (χ3v) is 8.16. The minimum atomic E-state index is -3.23. The Hall–Kier alpha value is -2.39. The fourth-order valence-corrected chi connectivity index (χ4v) is 6.10. The quantitative estimate of drug-likeness (QED) is 0.744. The summed E-state index contributed by atoms with van der Waals surface area (Å²) in [6.07, 6.45) is 0.622. The highest BCUT2D eigenvalue weighted by Crippen LogP contribution is 2.25. The lowest BCUT2D eigenvalue weighted by atomic mass is 10.1. The number of piperazine rings is 1. The predicted molar refractivity (Wildman–Crippen MR) is 113 cm³/mol. The number of hydrogen-bond donors (Lipinski definition) is 0. The van der Waals surface area contributed by atoms with Gasteiger partial charge in [0.1, 0.15) is 0 Å². The Morgan fingerprint density at radius 3 is 2.00 bits per heavy atom. The summed E-state index contributed by atoms with van der Waals surface area (Å²) in [4.78, 5) is 30.7. The van der Waals surface area contributed by atoms with Gasteiger partial charge in [0.15, 0.2) is 0 Å². The van der Waals surface area contributed by atoms with E-state index < -0.39 is 10.0 Å². The number of sulfonamides is 1. The van der Waals surface area contributed by atoms with Crippen LogP contribution in [0, 0.1) is 6.92 Å². The van der Waals surface area contributed by atoms with Gasteiger partial charge in [-0.3, -0.25) is 13.9 Å². The zero-order valence-electron chi connectivity index (χ0n) is 16.2. The van der Waals surface area contributed by atoms with Crippen molar-refractivity contribution in [2.75, 3.05) is 42.8 Å². The highest BCUT2D eigenvalue weighted by atomic mass is 32.2. The van der Waals surface area contributed by atoms with Gasteiger partial charge in [-0.05, 0) is 49.7 Å². The summed E-state index contributed by atoms with van der Waals surface area (Å²) < 4.78 is 25.5. The van der Waals surface area contributed by atoms with E-state index in [1.54, 1.807) is 34.1 Å². The van der Waals surface area contributed by atoms with Gasteiger partial charge >= 0.3 is 0 Å². The largest absolute Gasteiger partial charge is 0.335 e. The van der Waals surface area contributed by atoms with Gasteiger partial charge < -0.3 is 9.80 Å². The molecular formula is C20H23N3O4S2. The SMILES string of the molecule is Cc1ccc(C(=O)N2CCN(C(=O)c3ccc(N4CCCS4(=O)=O)cc3)CC2)s1. The number of nitrogens with zero attached hydrogens (tertiary/aromatic N) is 3. The van der Waals surface area contributed by atoms with Crippen LogP contribution in [0.15, 0.2) is 36.4 Å². The number of carbonyl (C=O) groups is 2. The summed E-state index contributed by atoms with van der Waals surface area (Å²) in [7, 11) is -3.23. The number of thiophene rings is 1. The lowest BCUT2D eigenvalue weighted by Crippen LogP contribution is -2.50. The molecule has 2 aliphatic rings. The van der Waals surface area contributed by atoms with Crippen molar-refractivity contribution in [3.8, 4) is 0 Å². The molecule has 0 N–H and O–H groups in total. The number of anilines is 1. The third-order valence-electron chi connectivity index (χ3n) is 5.31. The Balaban J connectivity index is 1.38. The molecule has 29 heavy (non-hydrogen) atoms. The molecule has 2 amide bonds. The van der Waals surface area contributed by atoms with E-state index in [4.69, 9.17) is 0 Å². The number of hydrogen-bond acceptors (Lipinski definition) is 5. The molecule has 1 aromatic heterocycles. The second-order valence-corrected chi connectivity index (χ2v) is 10.6. The summed E-state index contributed by atoms with van der Waals surface area (Å²) >= 11 is 1.49. The van der Waals surface area contributed by atoms with Gasteiger partial charge in [0, 0.05) is 43.2 Å². The molecule has 0 radical (unpaired) electrons. The van der Waals surface area contributed by atoms with Crippen molar-refractivity contribution in [1.82, 2.24) is 9.80 Å². The molecule has 0 saturated carbocycles. The van der Waals surface area contributed by atoms with Gasteiger partial charge in [-0.1, -0.05) is 0 Å². The van der Waals surface area contributed by atoms with Crippen LogP contribution in [0.3, 0.4) is 0 Å². The monoisotopic (exact) mass is 433 g/mol. The van der Waals surface area contributed by atoms with E-state index in [2.05, 4.69) is 0 Å². The van der Waals surface area contributed by atoms with Crippen LogP contribution in [0.1, 0.15) is 31.3 Å². The van der Waals surface area contributed by atoms with Crippen LogP contribution < -0.4 is 4.31 Å². The zero-order valence-corrected chi connectivity index (χ0v) is 17.8. The molecule has 2 saturated heterocycles. The average molecular weight is 434 g/mol. The van der Waals surface area contributed by atoms with Crippen molar-refractivity contribution >= 4 is 38.9 Å². The lowest BCUT2D eigenvalue weighted by molar-refractivity contribution is 0.0538. The van der Waals surface area contributed by atoms with Crippen molar-refractivity contribution in [3.63, 3.8) is 0 Å². The second-order valence-electron chi connectivity index (χ2n) is 7.28. The lowest BCUT2D eigenvalue weighted by Gasteiger charge is -2.34. The first kappa shape index (κ1) is 19.9. The Bertz CT molecular complexity index is 1020. The fraction of sp³-hybridized carbons (Fsp3) is 0.400. The Morgan fingerprint density at radius 1 is 0.862 bits per heavy atom. The molecule has 0 unspecified atom stereocenters. The first-order chi connectivity index (χ1) is 13.8. The molecular weight excluding hydrogens is 410 g/mol. The maximum absolute atomic E-state index is 12.8. The molecule has 4 rings (SSSR count). The van der Waals surface area contributed by atoms with Gasteiger partial charge in [0.25, 0.3) is 11.8 Å². The molecule has 7 nitrogen and oxygen atoms in total. The van der Waals surface area contributed by atoms with Crippen molar-refractivity contribution < 1.29 is 18.0 Å². The Morgan fingerprint density at radius 2 is 1.48 bits per heavy atom. The van der Waals surface area contributed by atoms with Crippen LogP contribution in [-0.4, -0.2) is 68.5 Å². The van der Waals surface area contributed by atoms with Crippen LogP contribution in [0.5, 0.6) is 0 Å². The molecule has 2 aliphatic heterocycles. The summed E-state index contributed by atoms with van der Waals surface area (Å²) in [5, 5.41) is 0. The number of aryl methyl sites for hydroxylation is 1. The van der Waals surface area contributed by atoms with Crippen molar-refractivity contribution in [2.45, 2.75) is 13.3 Å². The van der Waals surface area contributed by atoms with E-state index in [9.17, 15) is 18.0 Å². The number of benzene rings is 1. The van der Waals surface area contributed by atoms with E-state index in [-0.39, 0.29) is 17.6 Å². The molecule has 0 aliphatic carbocycles. The fourth-order valence-electron chi connectivity index (χ4n) is 3.70. The minimum absolute atomic E-state index is 0.0198. The number of rotatable bonds is 3. The first-order valence-electron chi connectivity index (χ1n) is 9.61. The molecule has 9 heteroatoms. The van der Waals surface area contributed by atoms with Crippen LogP contribution in [0.25, 0.3) is 0 Å². The van der Waals surface area contributed by atoms with E-state index in [0.29, 0.717) is 50.4 Å². The van der Waals surface area contributed by atoms with Gasteiger partial charge in [0.2, 0.25) is 10.0 Å². The first-order valence-corrected chi connectivity index (χ1v) is 12.0. The molecule has 0 spiro atoms. The number of amides is 2. The van der Waals surface area contributed by atoms with Crippen LogP contribution in [-0.2, 0) is 10.0 Å². The minimum Gasteiger partial charge on any atom is -0.335 e. The molecule has 3 heterocycles. The number of carbonyl (C=O) groups excluding carboxylic acids is 2. The van der Waals surface area contributed by atoms with Crippen molar-refractivity contribution in [1.29, 1.82) is 0 Å². The highest BCUT2D eigenvalue weighted by molar-refractivity contribution is 7.93. The summed E-state index contributed by atoms with van der Waals surface area (Å²) in [6.45, 7) is 4.43. The maximum atomic E-state index is 12.8. The van der Waals surface area contributed by atoms with Gasteiger partial charge in [-0.25, -0.2) is 8.42 Å². The Kier molecular flexibility index (Phi) is 5.35. The molecule has 0 atom stereocenters. The molecule has 1 aromatic carbocycles. The second kappa shape index (κ2) is 7.79. The Labute approximate surface area is 174 Å². The third kappa shape index (κ3) is 4.02. The molecule has 2 fully saturated rings. The zero-order chi connectivity index (χ0) is 20.6. The van der Waals surface area contributed by atoms with E-state index in [1.165, 1.54) is 15.6 Å². The molecule has 0 bridgehead atoms. The summed E-state index contributed by atoms with van der Waals surface area (Å²) in [6, 6.07) is 10.5.